The van der Waals surface area contributed by atoms with Crippen LogP contribution in [0.1, 0.15) is 38.5 Å². The second-order valence-electron chi connectivity index (χ2n) is 5.06. The second-order valence-corrected chi connectivity index (χ2v) is 6.00. The summed E-state index contributed by atoms with van der Waals surface area (Å²) in [5.74, 6) is -0.889. The Bertz CT molecular complexity index is 485. The Labute approximate surface area is 126 Å². The molecule has 9 heteroatoms. The topological polar surface area (TPSA) is 110 Å². The minimum atomic E-state index is -1.02. The van der Waals surface area contributed by atoms with Crippen molar-refractivity contribution in [1.82, 2.24) is 25.5 Å². The van der Waals surface area contributed by atoms with Gasteiger partial charge in [-0.1, -0.05) is 37.4 Å². The van der Waals surface area contributed by atoms with Crippen molar-refractivity contribution in [3.63, 3.8) is 0 Å². The lowest BCUT2D eigenvalue weighted by Crippen LogP contribution is -2.35. The Morgan fingerprint density at radius 2 is 2.00 bits per heavy atom. The highest BCUT2D eigenvalue weighted by atomic mass is 32.2. The van der Waals surface area contributed by atoms with Crippen LogP contribution in [0.2, 0.25) is 0 Å². The monoisotopic (exact) mass is 313 g/mol. The largest absolute Gasteiger partial charge is 0.480 e. The van der Waals surface area contributed by atoms with Crippen LogP contribution in [0.15, 0.2) is 5.16 Å². The SMILES string of the molecule is O=C(O)Cn1nnnc1SCC(=O)NC1CCCCCC1. The Hall–Kier alpha value is -1.64. The van der Waals surface area contributed by atoms with Gasteiger partial charge in [0.15, 0.2) is 0 Å². The van der Waals surface area contributed by atoms with Crippen LogP contribution in [0.5, 0.6) is 0 Å². The first-order valence-electron chi connectivity index (χ1n) is 7.05. The van der Waals surface area contributed by atoms with E-state index in [0.29, 0.717) is 5.16 Å². The van der Waals surface area contributed by atoms with E-state index in [2.05, 4.69) is 20.8 Å². The Morgan fingerprint density at radius 1 is 1.29 bits per heavy atom. The zero-order chi connectivity index (χ0) is 15.1. The van der Waals surface area contributed by atoms with Gasteiger partial charge in [-0.25, -0.2) is 4.68 Å². The zero-order valence-corrected chi connectivity index (χ0v) is 12.5. The average Bonchev–Trinajstić information content (AvgIpc) is 2.70. The summed E-state index contributed by atoms with van der Waals surface area (Å²) < 4.78 is 1.17. The van der Waals surface area contributed by atoms with E-state index in [1.165, 1.54) is 17.5 Å². The lowest BCUT2D eigenvalue weighted by atomic mass is 10.1. The Balaban J connectivity index is 1.78. The molecule has 1 heterocycles. The minimum absolute atomic E-state index is 0.0585. The predicted molar refractivity (Wildman–Crippen MR) is 75.8 cm³/mol. The molecule has 1 aromatic heterocycles. The van der Waals surface area contributed by atoms with Crippen molar-refractivity contribution in [2.75, 3.05) is 5.75 Å². The maximum atomic E-state index is 11.9. The molecule has 0 spiro atoms. The first-order valence-corrected chi connectivity index (χ1v) is 8.04. The molecule has 1 saturated carbocycles. The van der Waals surface area contributed by atoms with Gasteiger partial charge in [0.05, 0.1) is 5.75 Å². The van der Waals surface area contributed by atoms with Crippen molar-refractivity contribution in [2.24, 2.45) is 0 Å². The number of rotatable bonds is 6. The van der Waals surface area contributed by atoms with Gasteiger partial charge in [0, 0.05) is 6.04 Å². The highest BCUT2D eigenvalue weighted by Gasteiger charge is 2.16. The van der Waals surface area contributed by atoms with Crippen molar-refractivity contribution >= 4 is 23.6 Å². The fraction of sp³-hybridized carbons (Fsp3) is 0.750. The molecule has 1 aromatic rings. The average molecular weight is 313 g/mol. The number of hydrogen-bond acceptors (Lipinski definition) is 6. The van der Waals surface area contributed by atoms with Crippen molar-refractivity contribution < 1.29 is 14.7 Å². The van der Waals surface area contributed by atoms with E-state index in [4.69, 9.17) is 5.11 Å². The summed E-state index contributed by atoms with van der Waals surface area (Å²) in [7, 11) is 0. The molecule has 0 saturated heterocycles. The fourth-order valence-electron chi connectivity index (χ4n) is 2.35. The van der Waals surface area contributed by atoms with Crippen LogP contribution in [-0.4, -0.2) is 49.0 Å². The summed E-state index contributed by atoms with van der Waals surface area (Å²) in [5, 5.41) is 22.8. The van der Waals surface area contributed by atoms with Gasteiger partial charge in [-0.05, 0) is 23.3 Å². The van der Waals surface area contributed by atoms with Gasteiger partial charge >= 0.3 is 5.97 Å². The van der Waals surface area contributed by atoms with Gasteiger partial charge in [0.1, 0.15) is 6.54 Å². The van der Waals surface area contributed by atoms with Gasteiger partial charge in [0.2, 0.25) is 11.1 Å². The molecule has 0 atom stereocenters. The molecule has 1 amide bonds. The number of aliphatic carboxylic acids is 1. The van der Waals surface area contributed by atoms with Gasteiger partial charge in [-0.15, -0.1) is 5.10 Å². The normalized spacial score (nSPS) is 16.4. The first-order chi connectivity index (χ1) is 10.1. The van der Waals surface area contributed by atoms with E-state index in [1.54, 1.807) is 0 Å². The van der Waals surface area contributed by atoms with Crippen molar-refractivity contribution in [3.8, 4) is 0 Å². The molecule has 0 aliphatic heterocycles. The molecule has 21 heavy (non-hydrogen) atoms. The van der Waals surface area contributed by atoms with Crippen LogP contribution in [-0.2, 0) is 16.1 Å². The molecule has 2 N–H and O–H groups in total. The molecule has 1 aliphatic rings. The van der Waals surface area contributed by atoms with E-state index in [9.17, 15) is 9.59 Å². The number of carbonyl (C=O) groups is 2. The second kappa shape index (κ2) is 7.96. The molecule has 0 aromatic carbocycles. The number of hydrogen-bond donors (Lipinski definition) is 2. The van der Waals surface area contributed by atoms with Crippen molar-refractivity contribution in [3.05, 3.63) is 0 Å². The third kappa shape index (κ3) is 5.33. The van der Waals surface area contributed by atoms with Crippen LogP contribution in [0, 0.1) is 0 Å². The van der Waals surface area contributed by atoms with Gasteiger partial charge < -0.3 is 10.4 Å². The number of aromatic nitrogens is 4. The third-order valence-electron chi connectivity index (χ3n) is 3.34. The number of nitrogens with zero attached hydrogens (tertiary/aromatic N) is 4. The first kappa shape index (κ1) is 15.7. The number of thioether (sulfide) groups is 1. The lowest BCUT2D eigenvalue weighted by molar-refractivity contribution is -0.138. The van der Waals surface area contributed by atoms with E-state index in [-0.39, 0.29) is 24.2 Å². The number of carboxylic acid groups (broad SMARTS) is 1. The predicted octanol–water partition coefficient (Wildman–Crippen LogP) is 0.689. The van der Waals surface area contributed by atoms with E-state index in [1.807, 2.05) is 0 Å². The molecule has 2 rings (SSSR count). The van der Waals surface area contributed by atoms with Crippen LogP contribution in [0.25, 0.3) is 0 Å². The highest BCUT2D eigenvalue weighted by Crippen LogP contribution is 2.18. The molecule has 0 radical (unpaired) electrons. The summed E-state index contributed by atoms with van der Waals surface area (Å²) >= 11 is 1.15. The van der Waals surface area contributed by atoms with Crippen molar-refractivity contribution in [1.29, 1.82) is 0 Å². The standard InChI is InChI=1S/C12H19N5O3S/c18-10(13-9-5-3-1-2-4-6-9)8-21-12-14-15-16-17(12)7-11(19)20/h9H,1-8H2,(H,13,18)(H,19,20). The van der Waals surface area contributed by atoms with Crippen LogP contribution >= 0.6 is 11.8 Å². The quantitative estimate of drug-likeness (QED) is 0.587. The Morgan fingerprint density at radius 3 is 2.67 bits per heavy atom. The van der Waals surface area contributed by atoms with Crippen LogP contribution in [0.3, 0.4) is 0 Å². The molecule has 116 valence electrons. The zero-order valence-electron chi connectivity index (χ0n) is 11.7. The summed E-state index contributed by atoms with van der Waals surface area (Å²) in [6.45, 7) is -0.306. The maximum Gasteiger partial charge on any atom is 0.325 e. The van der Waals surface area contributed by atoms with Gasteiger partial charge in [0.25, 0.3) is 0 Å². The molecule has 0 unspecified atom stereocenters. The Kier molecular flexibility index (Phi) is 5.97. The van der Waals surface area contributed by atoms with E-state index < -0.39 is 5.97 Å². The third-order valence-corrected chi connectivity index (χ3v) is 4.29. The summed E-state index contributed by atoms with van der Waals surface area (Å²) in [5.41, 5.74) is 0. The summed E-state index contributed by atoms with van der Waals surface area (Å²) in [4.78, 5) is 22.6. The highest BCUT2D eigenvalue weighted by molar-refractivity contribution is 7.99. The molecular formula is C12H19N5O3S. The van der Waals surface area contributed by atoms with Gasteiger partial charge in [-0.3, -0.25) is 9.59 Å². The van der Waals surface area contributed by atoms with Crippen molar-refractivity contribution in [2.45, 2.75) is 56.3 Å². The lowest BCUT2D eigenvalue weighted by Gasteiger charge is -2.15. The smallest absolute Gasteiger partial charge is 0.325 e. The molecule has 1 aliphatic carbocycles. The van der Waals surface area contributed by atoms with E-state index >= 15 is 0 Å². The number of tetrazole rings is 1. The number of nitrogens with one attached hydrogen (secondary N) is 1. The van der Waals surface area contributed by atoms with Crippen LogP contribution in [0.4, 0.5) is 0 Å². The molecule has 1 fully saturated rings. The number of carboxylic acids is 1. The molecular weight excluding hydrogens is 294 g/mol. The molecule has 0 bridgehead atoms. The fourth-order valence-corrected chi connectivity index (χ4v) is 3.04. The number of carbonyl (C=O) groups excluding carboxylic acids is 1. The van der Waals surface area contributed by atoms with E-state index in [0.717, 1.165) is 37.4 Å². The number of amides is 1. The minimum Gasteiger partial charge on any atom is -0.480 e. The van der Waals surface area contributed by atoms with Gasteiger partial charge in [-0.2, -0.15) is 0 Å². The summed E-state index contributed by atoms with van der Waals surface area (Å²) in [6, 6.07) is 0.260. The molecule has 8 nitrogen and oxygen atoms in total. The summed E-state index contributed by atoms with van der Waals surface area (Å²) in [6.07, 6.45) is 6.88. The maximum absolute atomic E-state index is 11.9. The van der Waals surface area contributed by atoms with Crippen LogP contribution < -0.4 is 5.32 Å².